The molecule has 0 spiro atoms. The summed E-state index contributed by atoms with van der Waals surface area (Å²) in [4.78, 5) is 8.75. The van der Waals surface area contributed by atoms with Gasteiger partial charge >= 0.3 is 0 Å². The average Bonchev–Trinajstić information content (AvgIpc) is 3.25. The SMILES string of the molecule is CS(=O)(=O)N1CCCc2cc(-c3csc(Cn4ccnc4)n3)ccc21. The number of fused-ring (bicyclic) bond motifs is 1. The Kier molecular flexibility index (Phi) is 4.09. The number of anilines is 1. The highest BCUT2D eigenvalue weighted by Gasteiger charge is 2.24. The van der Waals surface area contributed by atoms with Gasteiger partial charge in [-0.05, 0) is 30.5 Å². The third kappa shape index (κ3) is 3.32. The predicted molar refractivity (Wildman–Crippen MR) is 99.4 cm³/mol. The van der Waals surface area contributed by atoms with Crippen LogP contribution in [0.3, 0.4) is 0 Å². The molecule has 0 bridgehead atoms. The minimum absolute atomic E-state index is 0.553. The van der Waals surface area contributed by atoms with Gasteiger partial charge in [-0.15, -0.1) is 11.3 Å². The number of hydrogen-bond donors (Lipinski definition) is 0. The third-order valence-corrected chi connectivity index (χ3v) is 6.29. The number of rotatable bonds is 4. The van der Waals surface area contributed by atoms with Gasteiger partial charge in [0.15, 0.2) is 0 Å². The average molecular weight is 374 g/mol. The van der Waals surface area contributed by atoms with Crippen LogP contribution in [0.4, 0.5) is 5.69 Å². The van der Waals surface area contributed by atoms with Crippen molar-refractivity contribution in [2.45, 2.75) is 19.4 Å². The lowest BCUT2D eigenvalue weighted by molar-refractivity contribution is 0.592. The fraction of sp³-hybridized carbons (Fsp3) is 0.294. The highest BCUT2D eigenvalue weighted by Crippen LogP contribution is 2.33. The molecule has 1 aliphatic rings. The van der Waals surface area contributed by atoms with E-state index in [0.717, 1.165) is 40.4 Å². The van der Waals surface area contributed by atoms with Crippen LogP contribution < -0.4 is 4.31 Å². The van der Waals surface area contributed by atoms with Crippen molar-refractivity contribution in [1.82, 2.24) is 14.5 Å². The van der Waals surface area contributed by atoms with Gasteiger partial charge in [-0.25, -0.2) is 18.4 Å². The number of benzene rings is 1. The first-order valence-corrected chi connectivity index (χ1v) is 10.7. The molecule has 4 rings (SSSR count). The second-order valence-corrected chi connectivity index (χ2v) is 8.99. The molecule has 130 valence electrons. The van der Waals surface area contributed by atoms with Crippen LogP contribution >= 0.6 is 11.3 Å². The summed E-state index contributed by atoms with van der Waals surface area (Å²) in [6, 6.07) is 5.93. The summed E-state index contributed by atoms with van der Waals surface area (Å²) >= 11 is 1.62. The summed E-state index contributed by atoms with van der Waals surface area (Å²) in [7, 11) is -3.23. The normalized spacial score (nSPS) is 14.5. The lowest BCUT2D eigenvalue weighted by atomic mass is 10.00. The van der Waals surface area contributed by atoms with Crippen LogP contribution in [-0.2, 0) is 23.0 Å². The molecule has 3 heterocycles. The van der Waals surface area contributed by atoms with Crippen LogP contribution in [0.2, 0.25) is 0 Å². The van der Waals surface area contributed by atoms with E-state index in [-0.39, 0.29) is 0 Å². The Morgan fingerprint density at radius 1 is 1.32 bits per heavy atom. The molecule has 0 N–H and O–H groups in total. The topological polar surface area (TPSA) is 68.1 Å². The highest BCUT2D eigenvalue weighted by atomic mass is 32.2. The number of nitrogens with zero attached hydrogens (tertiary/aromatic N) is 4. The van der Waals surface area contributed by atoms with Crippen molar-refractivity contribution in [3.8, 4) is 11.3 Å². The Hall–Kier alpha value is -2.19. The summed E-state index contributed by atoms with van der Waals surface area (Å²) in [5.74, 6) is 0. The Bertz CT molecular complexity index is 994. The van der Waals surface area contributed by atoms with Gasteiger partial charge in [0.25, 0.3) is 0 Å². The van der Waals surface area contributed by atoms with E-state index >= 15 is 0 Å². The molecule has 0 unspecified atom stereocenters. The standard InChI is InChI=1S/C17H18N4O2S2/c1-25(22,23)21-7-2-3-14-9-13(4-5-16(14)21)15-11-24-17(19-15)10-20-8-6-18-12-20/h4-6,8-9,11-12H,2-3,7,10H2,1H3. The summed E-state index contributed by atoms with van der Waals surface area (Å²) in [6.07, 6.45) is 8.44. The molecule has 0 saturated carbocycles. The summed E-state index contributed by atoms with van der Waals surface area (Å²) in [5, 5.41) is 3.06. The van der Waals surface area contributed by atoms with Crippen molar-refractivity contribution in [2.24, 2.45) is 0 Å². The smallest absolute Gasteiger partial charge is 0.232 e. The molecule has 25 heavy (non-hydrogen) atoms. The van der Waals surface area contributed by atoms with Crippen molar-refractivity contribution >= 4 is 27.0 Å². The van der Waals surface area contributed by atoms with Crippen LogP contribution in [0.25, 0.3) is 11.3 Å². The van der Waals surface area contributed by atoms with Crippen molar-refractivity contribution < 1.29 is 8.42 Å². The zero-order valence-electron chi connectivity index (χ0n) is 13.8. The number of sulfonamides is 1. The second kappa shape index (κ2) is 6.27. The Balaban J connectivity index is 1.63. The summed E-state index contributed by atoms with van der Waals surface area (Å²) in [5.41, 5.74) is 3.83. The monoisotopic (exact) mass is 374 g/mol. The van der Waals surface area contributed by atoms with Gasteiger partial charge in [0.2, 0.25) is 10.0 Å². The predicted octanol–water partition coefficient (Wildman–Crippen LogP) is 2.77. The van der Waals surface area contributed by atoms with Gasteiger partial charge in [0, 0.05) is 29.9 Å². The molecule has 1 aromatic carbocycles. The molecule has 0 amide bonds. The van der Waals surface area contributed by atoms with Gasteiger partial charge in [-0.2, -0.15) is 0 Å². The maximum Gasteiger partial charge on any atom is 0.232 e. The molecule has 0 radical (unpaired) electrons. The minimum atomic E-state index is -3.23. The fourth-order valence-corrected chi connectivity index (χ4v) is 4.93. The van der Waals surface area contributed by atoms with E-state index < -0.39 is 10.0 Å². The van der Waals surface area contributed by atoms with Crippen molar-refractivity contribution in [3.63, 3.8) is 0 Å². The van der Waals surface area contributed by atoms with E-state index in [0.29, 0.717) is 13.1 Å². The minimum Gasteiger partial charge on any atom is -0.331 e. The van der Waals surface area contributed by atoms with Crippen LogP contribution in [0.5, 0.6) is 0 Å². The Morgan fingerprint density at radius 3 is 2.96 bits per heavy atom. The van der Waals surface area contributed by atoms with Gasteiger partial charge in [-0.1, -0.05) is 6.07 Å². The van der Waals surface area contributed by atoms with Gasteiger partial charge in [0.1, 0.15) is 5.01 Å². The van der Waals surface area contributed by atoms with Crippen LogP contribution in [-0.4, -0.2) is 35.8 Å². The molecule has 0 fully saturated rings. The largest absolute Gasteiger partial charge is 0.331 e. The molecule has 0 saturated heterocycles. The molecule has 2 aromatic heterocycles. The molecule has 8 heteroatoms. The first-order chi connectivity index (χ1) is 12.0. The summed E-state index contributed by atoms with van der Waals surface area (Å²) < 4.78 is 27.4. The number of hydrogen-bond acceptors (Lipinski definition) is 5. The number of aryl methyl sites for hydroxylation is 1. The second-order valence-electron chi connectivity index (χ2n) is 6.14. The number of thiazole rings is 1. The van der Waals surface area contributed by atoms with Crippen molar-refractivity contribution in [2.75, 3.05) is 17.1 Å². The van der Waals surface area contributed by atoms with Gasteiger partial charge in [-0.3, -0.25) is 4.31 Å². The van der Waals surface area contributed by atoms with E-state index in [1.165, 1.54) is 10.6 Å². The van der Waals surface area contributed by atoms with E-state index in [2.05, 4.69) is 11.1 Å². The molecule has 1 aliphatic heterocycles. The third-order valence-electron chi connectivity index (χ3n) is 4.28. The lowest BCUT2D eigenvalue weighted by Gasteiger charge is -2.29. The first-order valence-electron chi connectivity index (χ1n) is 8.02. The molecule has 6 nitrogen and oxygen atoms in total. The van der Waals surface area contributed by atoms with Crippen LogP contribution in [0.1, 0.15) is 17.0 Å². The molecule has 0 aliphatic carbocycles. The highest BCUT2D eigenvalue weighted by molar-refractivity contribution is 7.92. The maximum absolute atomic E-state index is 12.0. The van der Waals surface area contributed by atoms with Gasteiger partial charge < -0.3 is 4.57 Å². The maximum atomic E-state index is 12.0. The summed E-state index contributed by atoms with van der Waals surface area (Å²) in [6.45, 7) is 1.26. The fourth-order valence-electron chi connectivity index (χ4n) is 3.12. The molecular weight excluding hydrogens is 356 g/mol. The number of aromatic nitrogens is 3. The van der Waals surface area contributed by atoms with Crippen LogP contribution in [0, 0.1) is 0 Å². The first kappa shape index (κ1) is 16.3. The Labute approximate surface area is 150 Å². The zero-order valence-corrected chi connectivity index (χ0v) is 15.4. The van der Waals surface area contributed by atoms with Crippen molar-refractivity contribution in [1.29, 1.82) is 0 Å². The number of imidazole rings is 1. The quantitative estimate of drug-likeness (QED) is 0.704. The van der Waals surface area contributed by atoms with E-state index in [1.807, 2.05) is 28.3 Å². The lowest BCUT2D eigenvalue weighted by Crippen LogP contribution is -2.34. The molecular formula is C17H18N4O2S2. The van der Waals surface area contributed by atoms with Crippen LogP contribution in [0.15, 0.2) is 42.3 Å². The van der Waals surface area contributed by atoms with Gasteiger partial charge in [0.05, 0.1) is 30.5 Å². The van der Waals surface area contributed by atoms with E-state index in [4.69, 9.17) is 4.98 Å². The van der Waals surface area contributed by atoms with E-state index in [9.17, 15) is 8.42 Å². The zero-order chi connectivity index (χ0) is 17.4. The van der Waals surface area contributed by atoms with E-state index in [1.54, 1.807) is 23.9 Å². The van der Waals surface area contributed by atoms with Crippen molar-refractivity contribution in [3.05, 3.63) is 52.9 Å². The molecule has 0 atom stereocenters. The molecule has 3 aromatic rings. The Morgan fingerprint density at radius 2 is 2.20 bits per heavy atom.